The van der Waals surface area contributed by atoms with E-state index in [9.17, 15) is 0 Å². The minimum atomic E-state index is 0.238. The van der Waals surface area contributed by atoms with Crippen molar-refractivity contribution in [3.05, 3.63) is 29.8 Å². The van der Waals surface area contributed by atoms with Crippen molar-refractivity contribution < 1.29 is 9.47 Å². The fraction of sp³-hybridized carbons (Fsp3) is 0.600. The van der Waals surface area contributed by atoms with Gasteiger partial charge in [0.25, 0.3) is 0 Å². The van der Waals surface area contributed by atoms with Crippen molar-refractivity contribution in [3.8, 4) is 5.75 Å². The number of hydrogen-bond acceptors (Lipinski definition) is 2. The average molecular weight is 232 g/mol. The number of ether oxygens (including phenoxy) is 2. The number of para-hydroxylation sites is 1. The topological polar surface area (TPSA) is 18.5 Å². The monoisotopic (exact) mass is 232 g/mol. The Hall–Kier alpha value is -1.02. The Labute approximate surface area is 103 Å². The van der Waals surface area contributed by atoms with E-state index in [1.807, 2.05) is 12.1 Å². The molecular weight excluding hydrogens is 212 g/mol. The summed E-state index contributed by atoms with van der Waals surface area (Å²) in [5.74, 6) is 2.67. The van der Waals surface area contributed by atoms with Crippen molar-refractivity contribution in [1.82, 2.24) is 0 Å². The van der Waals surface area contributed by atoms with Gasteiger partial charge in [0.15, 0.2) is 0 Å². The molecule has 2 heteroatoms. The van der Waals surface area contributed by atoms with Crippen LogP contribution in [0.1, 0.15) is 32.4 Å². The molecule has 1 saturated heterocycles. The maximum absolute atomic E-state index is 6.29. The zero-order valence-electron chi connectivity index (χ0n) is 10.7. The molecule has 1 aromatic carbocycles. The molecule has 2 aliphatic rings. The van der Waals surface area contributed by atoms with Gasteiger partial charge in [-0.1, -0.05) is 39.0 Å². The van der Waals surface area contributed by atoms with Crippen LogP contribution in [-0.4, -0.2) is 12.7 Å². The van der Waals surface area contributed by atoms with Crippen LogP contribution in [0.5, 0.6) is 5.75 Å². The Morgan fingerprint density at radius 1 is 1.24 bits per heavy atom. The van der Waals surface area contributed by atoms with Crippen molar-refractivity contribution in [2.45, 2.75) is 33.0 Å². The highest BCUT2D eigenvalue weighted by Gasteiger charge is 2.46. The highest BCUT2D eigenvalue weighted by molar-refractivity contribution is 5.38. The van der Waals surface area contributed by atoms with Gasteiger partial charge < -0.3 is 9.47 Å². The Morgan fingerprint density at radius 2 is 2.00 bits per heavy atom. The summed E-state index contributed by atoms with van der Waals surface area (Å²) in [6.07, 6.45) is 0.599. The van der Waals surface area contributed by atoms with Gasteiger partial charge in [0.1, 0.15) is 5.75 Å². The normalized spacial score (nSPS) is 35.3. The smallest absolute Gasteiger partial charge is 0.125 e. The predicted molar refractivity (Wildman–Crippen MR) is 67.0 cm³/mol. The van der Waals surface area contributed by atoms with Gasteiger partial charge in [-0.15, -0.1) is 0 Å². The molecule has 3 rings (SSSR count). The van der Waals surface area contributed by atoms with E-state index < -0.39 is 0 Å². The Bertz CT molecular complexity index is 413. The fourth-order valence-electron chi connectivity index (χ4n) is 3.25. The molecule has 0 saturated carbocycles. The third-order valence-electron chi connectivity index (χ3n) is 4.20. The summed E-state index contributed by atoms with van der Waals surface area (Å²) >= 11 is 0. The third-order valence-corrected chi connectivity index (χ3v) is 4.20. The van der Waals surface area contributed by atoms with Crippen molar-refractivity contribution in [2.24, 2.45) is 17.8 Å². The van der Waals surface area contributed by atoms with Crippen LogP contribution in [0.4, 0.5) is 0 Å². The van der Waals surface area contributed by atoms with E-state index in [1.54, 1.807) is 0 Å². The van der Waals surface area contributed by atoms with E-state index in [1.165, 1.54) is 5.56 Å². The number of rotatable bonds is 1. The second kappa shape index (κ2) is 4.02. The van der Waals surface area contributed by atoms with Gasteiger partial charge in [-0.2, -0.15) is 0 Å². The largest absolute Gasteiger partial charge is 0.493 e. The van der Waals surface area contributed by atoms with Gasteiger partial charge in [0, 0.05) is 11.5 Å². The molecule has 1 fully saturated rings. The van der Waals surface area contributed by atoms with Gasteiger partial charge in [-0.25, -0.2) is 0 Å². The van der Waals surface area contributed by atoms with Crippen molar-refractivity contribution in [3.63, 3.8) is 0 Å². The van der Waals surface area contributed by atoms with Crippen molar-refractivity contribution >= 4 is 0 Å². The lowest BCUT2D eigenvalue weighted by Gasteiger charge is -2.28. The Morgan fingerprint density at radius 3 is 2.76 bits per heavy atom. The Kier molecular flexibility index (Phi) is 2.62. The van der Waals surface area contributed by atoms with E-state index in [2.05, 4.69) is 32.9 Å². The molecule has 1 aromatic rings. The molecule has 2 heterocycles. The molecule has 92 valence electrons. The molecule has 4 atom stereocenters. The van der Waals surface area contributed by atoms with Gasteiger partial charge >= 0.3 is 0 Å². The lowest BCUT2D eigenvalue weighted by molar-refractivity contribution is -0.00567. The molecule has 0 bridgehead atoms. The minimum Gasteiger partial charge on any atom is -0.493 e. The second-order valence-corrected chi connectivity index (χ2v) is 5.64. The summed E-state index contributed by atoms with van der Waals surface area (Å²) in [6.45, 7) is 7.58. The first-order valence-corrected chi connectivity index (χ1v) is 6.55. The quantitative estimate of drug-likeness (QED) is 0.738. The molecule has 0 radical (unpaired) electrons. The van der Waals surface area contributed by atoms with Crippen LogP contribution < -0.4 is 4.74 Å². The summed E-state index contributed by atoms with van der Waals surface area (Å²) in [6, 6.07) is 8.28. The summed E-state index contributed by atoms with van der Waals surface area (Å²) in [7, 11) is 0. The number of benzene rings is 1. The first kappa shape index (κ1) is 11.1. The minimum absolute atomic E-state index is 0.238. The fourth-order valence-corrected chi connectivity index (χ4v) is 3.25. The van der Waals surface area contributed by atoms with Gasteiger partial charge in [0.2, 0.25) is 0 Å². The van der Waals surface area contributed by atoms with Crippen LogP contribution in [0.15, 0.2) is 24.3 Å². The zero-order chi connectivity index (χ0) is 12.0. The third kappa shape index (κ3) is 1.66. The second-order valence-electron chi connectivity index (χ2n) is 5.64. The van der Waals surface area contributed by atoms with Crippen LogP contribution >= 0.6 is 0 Å². The van der Waals surface area contributed by atoms with E-state index in [0.29, 0.717) is 23.9 Å². The molecule has 0 unspecified atom stereocenters. The number of hydrogen-bond donors (Lipinski definition) is 0. The van der Waals surface area contributed by atoms with Gasteiger partial charge in [-0.3, -0.25) is 0 Å². The van der Waals surface area contributed by atoms with Crippen LogP contribution in [0.2, 0.25) is 0 Å². The predicted octanol–water partition coefficient (Wildman–Crippen LogP) is 3.43. The zero-order valence-corrected chi connectivity index (χ0v) is 10.7. The standard InChI is InChI=1S/C15H20O2/c1-9(2)14-10(3)12-8-16-13-7-5-4-6-11(13)15(12)17-14/h4-7,9-10,12,14-15H,8H2,1-3H3/t10-,12-,14+,15-/m0/s1. The van der Waals surface area contributed by atoms with Crippen molar-refractivity contribution in [1.29, 1.82) is 0 Å². The van der Waals surface area contributed by atoms with Crippen LogP contribution in [0.25, 0.3) is 0 Å². The van der Waals surface area contributed by atoms with Gasteiger partial charge in [-0.05, 0) is 17.9 Å². The van der Waals surface area contributed by atoms with E-state index in [4.69, 9.17) is 9.47 Å². The maximum Gasteiger partial charge on any atom is 0.125 e. The molecule has 0 amide bonds. The van der Waals surface area contributed by atoms with E-state index in [-0.39, 0.29) is 6.10 Å². The maximum atomic E-state index is 6.29. The summed E-state index contributed by atoms with van der Waals surface area (Å²) in [5, 5.41) is 0. The first-order chi connectivity index (χ1) is 8.18. The van der Waals surface area contributed by atoms with Crippen LogP contribution in [-0.2, 0) is 4.74 Å². The number of fused-ring (bicyclic) bond motifs is 3. The molecule has 0 aromatic heterocycles. The highest BCUT2D eigenvalue weighted by Crippen LogP contribution is 2.49. The first-order valence-electron chi connectivity index (χ1n) is 6.55. The van der Waals surface area contributed by atoms with E-state index >= 15 is 0 Å². The summed E-state index contributed by atoms with van der Waals surface area (Å²) in [5.41, 5.74) is 1.23. The Balaban J connectivity index is 1.95. The average Bonchev–Trinajstić information content (AvgIpc) is 2.67. The molecule has 0 N–H and O–H groups in total. The molecule has 0 spiro atoms. The lowest BCUT2D eigenvalue weighted by Crippen LogP contribution is -2.28. The summed E-state index contributed by atoms with van der Waals surface area (Å²) < 4.78 is 12.1. The van der Waals surface area contributed by atoms with Crippen LogP contribution in [0.3, 0.4) is 0 Å². The highest BCUT2D eigenvalue weighted by atomic mass is 16.5. The molecule has 0 aliphatic carbocycles. The van der Waals surface area contributed by atoms with Crippen LogP contribution in [0, 0.1) is 17.8 Å². The lowest BCUT2D eigenvalue weighted by atomic mass is 9.82. The van der Waals surface area contributed by atoms with Crippen molar-refractivity contribution in [2.75, 3.05) is 6.61 Å². The molecule has 17 heavy (non-hydrogen) atoms. The van der Waals surface area contributed by atoms with Gasteiger partial charge in [0.05, 0.1) is 18.8 Å². The molecule has 2 aliphatic heterocycles. The van der Waals surface area contributed by atoms with E-state index in [0.717, 1.165) is 12.4 Å². The summed E-state index contributed by atoms with van der Waals surface area (Å²) in [4.78, 5) is 0. The SMILES string of the molecule is CC(C)[C@H]1O[C@H]2c3ccccc3OC[C@H]2[C@@H]1C. The molecule has 2 nitrogen and oxygen atoms in total. The molecular formula is C15H20O2.